The summed E-state index contributed by atoms with van der Waals surface area (Å²) in [4.78, 5) is 18.9. The number of aryl methyl sites for hydroxylation is 1. The van der Waals surface area contributed by atoms with Crippen molar-refractivity contribution < 1.29 is 4.79 Å². The SMILES string of the molecule is Cc1ccc2cccc(C(=O)N3CCCC3)c2n1. The van der Waals surface area contributed by atoms with Gasteiger partial charge < -0.3 is 4.90 Å². The van der Waals surface area contributed by atoms with E-state index in [4.69, 9.17) is 0 Å². The van der Waals surface area contributed by atoms with Gasteiger partial charge in [-0.3, -0.25) is 9.78 Å². The molecule has 18 heavy (non-hydrogen) atoms. The Morgan fingerprint density at radius 2 is 1.94 bits per heavy atom. The number of likely N-dealkylation sites (tertiary alicyclic amines) is 1. The maximum Gasteiger partial charge on any atom is 0.256 e. The van der Waals surface area contributed by atoms with Gasteiger partial charge in [-0.25, -0.2) is 0 Å². The van der Waals surface area contributed by atoms with E-state index in [1.165, 1.54) is 0 Å². The lowest BCUT2D eigenvalue weighted by molar-refractivity contribution is 0.0794. The summed E-state index contributed by atoms with van der Waals surface area (Å²) in [5.41, 5.74) is 2.51. The molecule has 1 aliphatic heterocycles. The van der Waals surface area contributed by atoms with Crippen molar-refractivity contribution in [2.24, 2.45) is 0 Å². The van der Waals surface area contributed by atoms with E-state index in [-0.39, 0.29) is 5.91 Å². The van der Waals surface area contributed by atoms with Crippen molar-refractivity contribution in [1.82, 2.24) is 9.88 Å². The van der Waals surface area contributed by atoms with Crippen LogP contribution in [0.4, 0.5) is 0 Å². The highest BCUT2D eigenvalue weighted by molar-refractivity contribution is 6.05. The van der Waals surface area contributed by atoms with Crippen LogP contribution in [0.3, 0.4) is 0 Å². The van der Waals surface area contributed by atoms with Gasteiger partial charge in [-0.15, -0.1) is 0 Å². The second-order valence-electron chi connectivity index (χ2n) is 4.83. The van der Waals surface area contributed by atoms with E-state index < -0.39 is 0 Å². The highest BCUT2D eigenvalue weighted by Crippen LogP contribution is 2.20. The first kappa shape index (κ1) is 11.2. The van der Waals surface area contributed by atoms with Crippen LogP contribution in [0.2, 0.25) is 0 Å². The lowest BCUT2D eigenvalue weighted by atomic mass is 10.1. The minimum Gasteiger partial charge on any atom is -0.339 e. The Labute approximate surface area is 106 Å². The van der Waals surface area contributed by atoms with Gasteiger partial charge in [0, 0.05) is 24.2 Å². The van der Waals surface area contributed by atoms with Crippen LogP contribution in [0.5, 0.6) is 0 Å². The average Bonchev–Trinajstić information content (AvgIpc) is 2.91. The van der Waals surface area contributed by atoms with Crippen molar-refractivity contribution in [2.75, 3.05) is 13.1 Å². The molecule has 2 heterocycles. The molecular weight excluding hydrogens is 224 g/mol. The molecule has 0 spiro atoms. The number of pyridine rings is 1. The second-order valence-corrected chi connectivity index (χ2v) is 4.83. The van der Waals surface area contributed by atoms with E-state index in [2.05, 4.69) is 4.98 Å². The Morgan fingerprint density at radius 3 is 2.72 bits per heavy atom. The zero-order valence-electron chi connectivity index (χ0n) is 10.5. The molecule has 1 fully saturated rings. The standard InChI is InChI=1S/C15H16N2O/c1-11-7-8-12-5-4-6-13(14(12)16-11)15(18)17-9-2-3-10-17/h4-8H,2-3,9-10H2,1H3. The number of rotatable bonds is 1. The van der Waals surface area contributed by atoms with E-state index >= 15 is 0 Å². The summed E-state index contributed by atoms with van der Waals surface area (Å²) < 4.78 is 0. The number of aromatic nitrogens is 1. The maximum absolute atomic E-state index is 12.5. The smallest absolute Gasteiger partial charge is 0.256 e. The largest absolute Gasteiger partial charge is 0.339 e. The highest BCUT2D eigenvalue weighted by atomic mass is 16.2. The average molecular weight is 240 g/mol. The van der Waals surface area contributed by atoms with Gasteiger partial charge in [0.15, 0.2) is 0 Å². The van der Waals surface area contributed by atoms with Crippen molar-refractivity contribution in [3.8, 4) is 0 Å². The normalized spacial score (nSPS) is 15.3. The Morgan fingerprint density at radius 1 is 1.17 bits per heavy atom. The number of hydrogen-bond donors (Lipinski definition) is 0. The summed E-state index contributed by atoms with van der Waals surface area (Å²) in [7, 11) is 0. The molecule has 2 aromatic rings. The van der Waals surface area contributed by atoms with Crippen molar-refractivity contribution in [3.05, 3.63) is 41.6 Å². The van der Waals surface area contributed by atoms with Gasteiger partial charge in [-0.2, -0.15) is 0 Å². The maximum atomic E-state index is 12.5. The van der Waals surface area contributed by atoms with Gasteiger partial charge in [0.25, 0.3) is 5.91 Å². The summed E-state index contributed by atoms with van der Waals surface area (Å²) in [6.07, 6.45) is 2.23. The Balaban J connectivity index is 2.10. The van der Waals surface area contributed by atoms with E-state index in [0.717, 1.165) is 48.1 Å². The molecule has 92 valence electrons. The number of hydrogen-bond acceptors (Lipinski definition) is 2. The van der Waals surface area contributed by atoms with E-state index in [0.29, 0.717) is 0 Å². The fourth-order valence-electron chi connectivity index (χ4n) is 2.51. The molecule has 0 aliphatic carbocycles. The predicted molar refractivity (Wildman–Crippen MR) is 71.6 cm³/mol. The Kier molecular flexibility index (Phi) is 2.74. The van der Waals surface area contributed by atoms with Gasteiger partial charge in [-0.1, -0.05) is 18.2 Å². The topological polar surface area (TPSA) is 33.2 Å². The Hall–Kier alpha value is -1.90. The fourth-order valence-corrected chi connectivity index (χ4v) is 2.51. The molecule has 0 N–H and O–H groups in total. The first-order valence-corrected chi connectivity index (χ1v) is 6.41. The first-order chi connectivity index (χ1) is 8.75. The van der Waals surface area contributed by atoms with Crippen molar-refractivity contribution in [2.45, 2.75) is 19.8 Å². The minimum absolute atomic E-state index is 0.121. The predicted octanol–water partition coefficient (Wildman–Crippen LogP) is 2.78. The third kappa shape index (κ3) is 1.86. The summed E-state index contributed by atoms with van der Waals surface area (Å²) in [5, 5.41) is 1.03. The van der Waals surface area contributed by atoms with E-state index in [1.54, 1.807) is 0 Å². The monoisotopic (exact) mass is 240 g/mol. The molecular formula is C15H16N2O. The van der Waals surface area contributed by atoms with Crippen LogP contribution >= 0.6 is 0 Å². The quantitative estimate of drug-likeness (QED) is 0.768. The lowest BCUT2D eigenvalue weighted by Gasteiger charge is -2.16. The number of nitrogens with zero attached hydrogens (tertiary/aromatic N) is 2. The van der Waals surface area contributed by atoms with Crippen LogP contribution in [0.1, 0.15) is 28.9 Å². The number of carbonyl (C=O) groups is 1. The van der Waals surface area contributed by atoms with Gasteiger partial charge in [-0.05, 0) is 31.9 Å². The third-order valence-corrected chi connectivity index (χ3v) is 3.48. The molecule has 3 heteroatoms. The lowest BCUT2D eigenvalue weighted by Crippen LogP contribution is -2.27. The summed E-state index contributed by atoms with van der Waals surface area (Å²) in [5.74, 6) is 0.121. The van der Waals surface area contributed by atoms with Crippen LogP contribution in [-0.4, -0.2) is 28.9 Å². The highest BCUT2D eigenvalue weighted by Gasteiger charge is 2.21. The number of fused-ring (bicyclic) bond motifs is 1. The van der Waals surface area contributed by atoms with Gasteiger partial charge in [0.05, 0.1) is 11.1 Å². The molecule has 1 aliphatic rings. The van der Waals surface area contributed by atoms with Gasteiger partial charge in [0.2, 0.25) is 0 Å². The van der Waals surface area contributed by atoms with E-state index in [9.17, 15) is 4.79 Å². The van der Waals surface area contributed by atoms with Crippen LogP contribution in [0, 0.1) is 6.92 Å². The number of amides is 1. The Bertz CT molecular complexity index is 600. The molecule has 1 aromatic carbocycles. The van der Waals surface area contributed by atoms with Crippen molar-refractivity contribution in [1.29, 1.82) is 0 Å². The van der Waals surface area contributed by atoms with Gasteiger partial charge in [0.1, 0.15) is 0 Å². The molecule has 0 atom stereocenters. The minimum atomic E-state index is 0.121. The summed E-state index contributed by atoms with van der Waals surface area (Å²) in [6.45, 7) is 3.71. The molecule has 0 saturated carbocycles. The molecule has 0 unspecified atom stereocenters. The second kappa shape index (κ2) is 4.41. The van der Waals surface area contributed by atoms with Crippen LogP contribution < -0.4 is 0 Å². The summed E-state index contributed by atoms with van der Waals surface area (Å²) in [6, 6.07) is 9.82. The molecule has 0 radical (unpaired) electrons. The molecule has 1 amide bonds. The summed E-state index contributed by atoms with van der Waals surface area (Å²) >= 11 is 0. The van der Waals surface area contributed by atoms with Gasteiger partial charge >= 0.3 is 0 Å². The van der Waals surface area contributed by atoms with Crippen LogP contribution in [0.15, 0.2) is 30.3 Å². The zero-order valence-corrected chi connectivity index (χ0v) is 10.5. The molecule has 1 saturated heterocycles. The molecule has 3 nitrogen and oxygen atoms in total. The fraction of sp³-hybridized carbons (Fsp3) is 0.333. The van der Waals surface area contributed by atoms with Crippen molar-refractivity contribution >= 4 is 16.8 Å². The third-order valence-electron chi connectivity index (χ3n) is 3.48. The first-order valence-electron chi connectivity index (χ1n) is 6.41. The number of benzene rings is 1. The zero-order chi connectivity index (χ0) is 12.5. The number of para-hydroxylation sites is 1. The van der Waals surface area contributed by atoms with Crippen LogP contribution in [0.25, 0.3) is 10.9 Å². The molecule has 3 rings (SSSR count). The molecule has 0 bridgehead atoms. The van der Waals surface area contributed by atoms with E-state index in [1.807, 2.05) is 42.2 Å². The van der Waals surface area contributed by atoms with Crippen LogP contribution in [-0.2, 0) is 0 Å². The van der Waals surface area contributed by atoms with Crippen molar-refractivity contribution in [3.63, 3.8) is 0 Å². The number of carbonyl (C=O) groups excluding carboxylic acids is 1. The molecule has 1 aromatic heterocycles.